The zero-order valence-electron chi connectivity index (χ0n) is 16.1. The van der Waals surface area contributed by atoms with Crippen LogP contribution < -0.4 is 0 Å². The smallest absolute Gasteiger partial charge is 0.00262 e. The van der Waals surface area contributed by atoms with Crippen LogP contribution in [-0.4, -0.2) is 5.75 Å². The molecule has 23 heavy (non-hydrogen) atoms. The molecule has 0 spiro atoms. The first-order chi connectivity index (χ1) is 11.4. The molecule has 0 atom stereocenters. The highest BCUT2D eigenvalue weighted by molar-refractivity contribution is 8.02. The van der Waals surface area contributed by atoms with Gasteiger partial charge in [0.25, 0.3) is 0 Å². The first-order valence-corrected chi connectivity index (χ1v) is 11.7. The Balaban J connectivity index is 2.93. The molecule has 0 aromatic heterocycles. The van der Waals surface area contributed by atoms with Gasteiger partial charge in [0.15, 0.2) is 0 Å². The van der Waals surface area contributed by atoms with Gasteiger partial charge in [-0.2, -0.15) is 0 Å². The summed E-state index contributed by atoms with van der Waals surface area (Å²) in [4.78, 5) is 0. The summed E-state index contributed by atoms with van der Waals surface area (Å²) in [5.41, 5.74) is 0. The Kier molecular flexibility index (Phi) is 22.2. The molecule has 138 valence electrons. The van der Waals surface area contributed by atoms with Crippen LogP contribution >= 0.6 is 11.8 Å². The summed E-state index contributed by atoms with van der Waals surface area (Å²) < 4.78 is 0. The zero-order chi connectivity index (χ0) is 16.8. The molecule has 0 aliphatic heterocycles. The van der Waals surface area contributed by atoms with Gasteiger partial charge in [-0.3, -0.25) is 0 Å². The normalized spacial score (nSPS) is 11.0. The summed E-state index contributed by atoms with van der Waals surface area (Å²) in [6.45, 7) is 6.04. The van der Waals surface area contributed by atoms with Crippen molar-refractivity contribution in [2.45, 2.75) is 122 Å². The molecule has 0 N–H and O–H groups in total. The minimum atomic E-state index is 1.27. The summed E-state index contributed by atoms with van der Waals surface area (Å²) in [5, 5.41) is 1.97. The summed E-state index contributed by atoms with van der Waals surface area (Å²) in [6, 6.07) is 0. The zero-order valence-corrected chi connectivity index (χ0v) is 16.9. The van der Waals surface area contributed by atoms with E-state index in [9.17, 15) is 0 Å². The maximum Gasteiger partial charge on any atom is -0.00262 e. The molecular formula is C22H44S. The highest BCUT2D eigenvalue weighted by Crippen LogP contribution is 2.14. The molecule has 0 bridgehead atoms. The topological polar surface area (TPSA) is 0 Å². The predicted molar refractivity (Wildman–Crippen MR) is 111 cm³/mol. The Morgan fingerprint density at radius 3 is 1.13 bits per heavy atom. The molecule has 0 aliphatic carbocycles. The fraction of sp³-hybridized carbons (Fsp3) is 0.909. The van der Waals surface area contributed by atoms with Crippen molar-refractivity contribution >= 4 is 11.8 Å². The Bertz CT molecular complexity index is 212. The summed E-state index contributed by atoms with van der Waals surface area (Å²) in [5.74, 6) is 1.27. The first kappa shape index (κ1) is 23.1. The third kappa shape index (κ3) is 22.1. The van der Waals surface area contributed by atoms with Gasteiger partial charge in [0, 0.05) is 0 Å². The molecule has 0 fully saturated rings. The van der Waals surface area contributed by atoms with E-state index in [4.69, 9.17) is 0 Å². The van der Waals surface area contributed by atoms with Gasteiger partial charge in [-0.05, 0) is 17.6 Å². The van der Waals surface area contributed by atoms with E-state index in [0.29, 0.717) is 0 Å². The molecule has 0 nitrogen and oxygen atoms in total. The van der Waals surface area contributed by atoms with Crippen LogP contribution in [0.2, 0.25) is 0 Å². The van der Waals surface area contributed by atoms with Crippen molar-refractivity contribution < 1.29 is 0 Å². The second-order valence-corrected chi connectivity index (χ2v) is 8.12. The molecule has 0 rings (SSSR count). The van der Waals surface area contributed by atoms with Gasteiger partial charge >= 0.3 is 0 Å². The third-order valence-electron chi connectivity index (χ3n) is 4.73. The Labute approximate surface area is 152 Å². The van der Waals surface area contributed by atoms with Crippen LogP contribution in [0.3, 0.4) is 0 Å². The van der Waals surface area contributed by atoms with E-state index in [-0.39, 0.29) is 0 Å². The van der Waals surface area contributed by atoms with Crippen LogP contribution in [0.25, 0.3) is 0 Å². The summed E-state index contributed by atoms with van der Waals surface area (Å²) in [7, 11) is 0. The monoisotopic (exact) mass is 340 g/mol. The molecule has 0 amide bonds. The van der Waals surface area contributed by atoms with Gasteiger partial charge in [-0.15, -0.1) is 11.8 Å². The molecule has 0 aliphatic rings. The lowest BCUT2D eigenvalue weighted by Gasteiger charge is -2.03. The highest BCUT2D eigenvalue weighted by atomic mass is 32.2. The van der Waals surface area contributed by atoms with Gasteiger partial charge in [-0.25, -0.2) is 0 Å². The third-order valence-corrected chi connectivity index (χ3v) is 5.49. The predicted octanol–water partition coefficient (Wildman–Crippen LogP) is 8.90. The standard InChI is InChI=1S/C22H44S/c1-3-5-6-7-8-9-10-11-12-13-14-15-16-17-18-19-20-21-22-23-4-2/h4H,2-3,5-22H2,1H3. The average Bonchev–Trinajstić information content (AvgIpc) is 2.57. The Hall–Kier alpha value is 0.0900. The molecule has 0 aromatic carbocycles. The van der Waals surface area contributed by atoms with Crippen molar-refractivity contribution in [2.24, 2.45) is 0 Å². The lowest BCUT2D eigenvalue weighted by atomic mass is 10.0. The van der Waals surface area contributed by atoms with Crippen LogP contribution in [0.15, 0.2) is 12.0 Å². The maximum atomic E-state index is 3.74. The molecule has 0 saturated carbocycles. The Morgan fingerprint density at radius 1 is 0.522 bits per heavy atom. The van der Waals surface area contributed by atoms with Crippen molar-refractivity contribution in [3.63, 3.8) is 0 Å². The van der Waals surface area contributed by atoms with E-state index in [1.807, 2.05) is 17.2 Å². The van der Waals surface area contributed by atoms with Gasteiger partial charge in [0.2, 0.25) is 0 Å². The quantitative estimate of drug-likeness (QED) is 0.199. The van der Waals surface area contributed by atoms with E-state index in [0.717, 1.165) is 0 Å². The molecule has 0 heterocycles. The van der Waals surface area contributed by atoms with E-state index in [1.54, 1.807) is 0 Å². The number of unbranched alkanes of at least 4 members (excludes halogenated alkanes) is 17. The second kappa shape index (κ2) is 22.1. The maximum absolute atomic E-state index is 3.74. The van der Waals surface area contributed by atoms with Gasteiger partial charge < -0.3 is 0 Å². The molecule has 0 saturated heterocycles. The number of thioether (sulfide) groups is 1. The summed E-state index contributed by atoms with van der Waals surface area (Å²) >= 11 is 1.86. The summed E-state index contributed by atoms with van der Waals surface area (Å²) in [6.07, 6.45) is 26.2. The molecule has 1 heteroatoms. The molecule has 0 aromatic rings. The van der Waals surface area contributed by atoms with Crippen molar-refractivity contribution in [2.75, 3.05) is 5.75 Å². The van der Waals surface area contributed by atoms with Crippen LogP contribution in [0.1, 0.15) is 122 Å². The van der Waals surface area contributed by atoms with E-state index >= 15 is 0 Å². The van der Waals surface area contributed by atoms with Crippen LogP contribution in [-0.2, 0) is 0 Å². The van der Waals surface area contributed by atoms with E-state index in [1.165, 1.54) is 121 Å². The fourth-order valence-corrected chi connectivity index (χ4v) is 3.71. The van der Waals surface area contributed by atoms with Crippen molar-refractivity contribution in [3.05, 3.63) is 12.0 Å². The highest BCUT2D eigenvalue weighted by Gasteiger charge is 1.95. The molecular weight excluding hydrogens is 296 g/mol. The van der Waals surface area contributed by atoms with Crippen molar-refractivity contribution in [1.82, 2.24) is 0 Å². The largest absolute Gasteiger partial charge is 0.135 e. The first-order valence-electron chi connectivity index (χ1n) is 10.6. The average molecular weight is 341 g/mol. The molecule has 0 unspecified atom stereocenters. The van der Waals surface area contributed by atoms with Crippen molar-refractivity contribution in [3.8, 4) is 0 Å². The Morgan fingerprint density at radius 2 is 0.826 bits per heavy atom. The lowest BCUT2D eigenvalue weighted by molar-refractivity contribution is 0.527. The fourth-order valence-electron chi connectivity index (χ4n) is 3.17. The minimum Gasteiger partial charge on any atom is -0.135 e. The van der Waals surface area contributed by atoms with Crippen LogP contribution in [0.5, 0.6) is 0 Å². The van der Waals surface area contributed by atoms with Gasteiger partial charge in [0.05, 0.1) is 0 Å². The number of hydrogen-bond acceptors (Lipinski definition) is 1. The van der Waals surface area contributed by atoms with E-state index < -0.39 is 0 Å². The van der Waals surface area contributed by atoms with E-state index in [2.05, 4.69) is 13.5 Å². The van der Waals surface area contributed by atoms with Gasteiger partial charge in [-0.1, -0.05) is 123 Å². The number of rotatable bonds is 20. The molecule has 0 radical (unpaired) electrons. The number of hydrogen-bond donors (Lipinski definition) is 0. The van der Waals surface area contributed by atoms with Gasteiger partial charge in [0.1, 0.15) is 0 Å². The second-order valence-electron chi connectivity index (χ2n) is 7.05. The van der Waals surface area contributed by atoms with Crippen LogP contribution in [0.4, 0.5) is 0 Å². The lowest BCUT2D eigenvalue weighted by Crippen LogP contribution is -1.84. The minimum absolute atomic E-state index is 1.27. The van der Waals surface area contributed by atoms with Crippen molar-refractivity contribution in [1.29, 1.82) is 0 Å². The SMILES string of the molecule is C=CSCCCCCCCCCCCCCCCCCCCC. The van der Waals surface area contributed by atoms with Crippen LogP contribution in [0, 0.1) is 0 Å².